The van der Waals surface area contributed by atoms with Crippen molar-refractivity contribution in [3.8, 4) is 0 Å². The van der Waals surface area contributed by atoms with Crippen molar-refractivity contribution in [2.24, 2.45) is 29.1 Å². The Morgan fingerprint density at radius 1 is 1.07 bits per heavy atom. The van der Waals surface area contributed by atoms with E-state index in [0.717, 1.165) is 19.3 Å². The summed E-state index contributed by atoms with van der Waals surface area (Å²) in [7, 11) is 0. The summed E-state index contributed by atoms with van der Waals surface area (Å²) >= 11 is 0. The molecule has 1 aromatic rings. The summed E-state index contributed by atoms with van der Waals surface area (Å²) in [6.45, 7) is 3.85. The summed E-state index contributed by atoms with van der Waals surface area (Å²) in [5.41, 5.74) is 0.135. The Labute approximate surface area is 160 Å². The SMILES string of the molecule is CC(C)[C@H](NC(=O)C12CC3CC(CC(C3)C1)C2)C(=O)Nc1cccc(F)c1. The Balaban J connectivity index is 1.46. The highest BCUT2D eigenvalue weighted by Crippen LogP contribution is 2.60. The van der Waals surface area contributed by atoms with Gasteiger partial charge in [0.2, 0.25) is 11.8 Å². The van der Waals surface area contributed by atoms with Crippen molar-refractivity contribution in [2.75, 3.05) is 5.32 Å². The zero-order valence-corrected chi connectivity index (χ0v) is 16.1. The minimum absolute atomic E-state index is 0.0450. The number of benzene rings is 1. The van der Waals surface area contributed by atoms with Gasteiger partial charge in [0, 0.05) is 11.1 Å². The molecule has 2 N–H and O–H groups in total. The predicted molar refractivity (Wildman–Crippen MR) is 102 cm³/mol. The number of hydrogen-bond acceptors (Lipinski definition) is 2. The normalized spacial score (nSPS) is 32.4. The van der Waals surface area contributed by atoms with Crippen LogP contribution in [0.2, 0.25) is 0 Å². The van der Waals surface area contributed by atoms with Crippen LogP contribution in [0.4, 0.5) is 10.1 Å². The second-order valence-corrected chi connectivity index (χ2v) is 9.39. The standard InChI is InChI=1S/C22H29FN2O2/c1-13(2)19(20(26)24-18-5-3-4-17(23)9-18)25-21(27)22-10-14-6-15(11-22)8-16(7-14)12-22/h3-5,9,13-16,19H,6-8,10-12H2,1-2H3,(H,24,26)(H,25,27)/t14?,15?,16?,19-,22?/m0/s1. The van der Waals surface area contributed by atoms with Crippen LogP contribution in [-0.2, 0) is 9.59 Å². The fraction of sp³-hybridized carbons (Fsp3) is 0.636. The molecule has 0 saturated heterocycles. The number of rotatable bonds is 5. The molecule has 0 unspecified atom stereocenters. The van der Waals surface area contributed by atoms with Crippen LogP contribution in [0.1, 0.15) is 52.4 Å². The molecule has 1 atom stereocenters. The first-order valence-electron chi connectivity index (χ1n) is 10.2. The van der Waals surface area contributed by atoms with E-state index in [1.54, 1.807) is 12.1 Å². The van der Waals surface area contributed by atoms with E-state index in [-0.39, 0.29) is 23.1 Å². The van der Waals surface area contributed by atoms with Crippen molar-refractivity contribution in [3.63, 3.8) is 0 Å². The number of halogens is 1. The maximum atomic E-state index is 13.4. The summed E-state index contributed by atoms with van der Waals surface area (Å²) in [6, 6.07) is 5.22. The molecule has 4 nitrogen and oxygen atoms in total. The second-order valence-electron chi connectivity index (χ2n) is 9.39. The minimum Gasteiger partial charge on any atom is -0.344 e. The smallest absolute Gasteiger partial charge is 0.247 e. The molecular weight excluding hydrogens is 343 g/mol. The van der Waals surface area contributed by atoms with E-state index in [4.69, 9.17) is 0 Å². The quantitative estimate of drug-likeness (QED) is 0.817. The maximum absolute atomic E-state index is 13.4. The van der Waals surface area contributed by atoms with Gasteiger partial charge in [-0.15, -0.1) is 0 Å². The molecule has 1 aromatic carbocycles. The van der Waals surface area contributed by atoms with Crippen molar-refractivity contribution >= 4 is 17.5 Å². The van der Waals surface area contributed by atoms with E-state index >= 15 is 0 Å². The molecule has 5 heteroatoms. The third-order valence-corrected chi connectivity index (χ3v) is 6.85. The van der Waals surface area contributed by atoms with Crippen molar-refractivity contribution in [2.45, 2.75) is 58.4 Å². The molecule has 2 amide bonds. The first-order chi connectivity index (χ1) is 12.8. The summed E-state index contributed by atoms with van der Waals surface area (Å²) < 4.78 is 13.4. The molecule has 0 spiro atoms. The molecule has 4 saturated carbocycles. The Bertz CT molecular complexity index is 710. The summed E-state index contributed by atoms with van der Waals surface area (Å²) in [5, 5.41) is 5.81. The molecule has 0 heterocycles. The van der Waals surface area contributed by atoms with Gasteiger partial charge in [0.1, 0.15) is 11.9 Å². The highest BCUT2D eigenvalue weighted by atomic mass is 19.1. The monoisotopic (exact) mass is 372 g/mol. The van der Waals surface area contributed by atoms with Gasteiger partial charge in [-0.05, 0) is 80.4 Å². The third kappa shape index (κ3) is 3.61. The molecule has 146 valence electrons. The zero-order chi connectivity index (χ0) is 19.2. The Hall–Kier alpha value is -1.91. The van der Waals surface area contributed by atoms with Crippen molar-refractivity contribution < 1.29 is 14.0 Å². The van der Waals surface area contributed by atoms with Crippen LogP contribution < -0.4 is 10.6 Å². The van der Waals surface area contributed by atoms with Gasteiger partial charge in [0.05, 0.1) is 0 Å². The lowest BCUT2D eigenvalue weighted by Crippen LogP contribution is -2.57. The molecule has 4 bridgehead atoms. The number of hydrogen-bond donors (Lipinski definition) is 2. The maximum Gasteiger partial charge on any atom is 0.247 e. The predicted octanol–water partition coefficient (Wildman–Crippen LogP) is 4.12. The van der Waals surface area contributed by atoms with E-state index in [1.165, 1.54) is 31.4 Å². The molecule has 4 aliphatic carbocycles. The highest BCUT2D eigenvalue weighted by Gasteiger charge is 2.55. The first-order valence-corrected chi connectivity index (χ1v) is 10.2. The zero-order valence-electron chi connectivity index (χ0n) is 16.1. The lowest BCUT2D eigenvalue weighted by Gasteiger charge is -2.55. The van der Waals surface area contributed by atoms with E-state index in [2.05, 4.69) is 10.6 Å². The number of carbonyl (C=O) groups excluding carboxylic acids is 2. The first kappa shape index (κ1) is 18.5. The minimum atomic E-state index is -0.617. The Kier molecular flexibility index (Phi) is 4.73. The number of nitrogens with one attached hydrogen (secondary N) is 2. The number of amides is 2. The van der Waals surface area contributed by atoms with Gasteiger partial charge in [0.25, 0.3) is 0 Å². The van der Waals surface area contributed by atoms with Crippen LogP contribution in [0, 0.1) is 34.9 Å². The molecule has 27 heavy (non-hydrogen) atoms. The van der Waals surface area contributed by atoms with E-state index in [9.17, 15) is 14.0 Å². The number of anilines is 1. The molecule has 5 rings (SSSR count). The molecule has 0 aliphatic heterocycles. The van der Waals surface area contributed by atoms with Crippen molar-refractivity contribution in [3.05, 3.63) is 30.1 Å². The van der Waals surface area contributed by atoms with Crippen molar-refractivity contribution in [1.82, 2.24) is 5.32 Å². The molecule has 4 aliphatic rings. The highest BCUT2D eigenvalue weighted by molar-refractivity contribution is 5.98. The fourth-order valence-electron chi connectivity index (χ4n) is 6.00. The van der Waals surface area contributed by atoms with Crippen LogP contribution in [-0.4, -0.2) is 17.9 Å². The van der Waals surface area contributed by atoms with Crippen molar-refractivity contribution in [1.29, 1.82) is 0 Å². The Morgan fingerprint density at radius 2 is 1.67 bits per heavy atom. The van der Waals surface area contributed by atoms with Gasteiger partial charge in [-0.25, -0.2) is 4.39 Å². The van der Waals surface area contributed by atoms with Gasteiger partial charge in [0.15, 0.2) is 0 Å². The van der Waals surface area contributed by atoms with Gasteiger partial charge in [-0.3, -0.25) is 9.59 Å². The number of carbonyl (C=O) groups is 2. The van der Waals surface area contributed by atoms with E-state index in [1.807, 2.05) is 13.8 Å². The van der Waals surface area contributed by atoms with E-state index < -0.39 is 11.9 Å². The van der Waals surface area contributed by atoms with E-state index in [0.29, 0.717) is 23.4 Å². The lowest BCUT2D eigenvalue weighted by atomic mass is 9.49. The lowest BCUT2D eigenvalue weighted by molar-refractivity contribution is -0.148. The third-order valence-electron chi connectivity index (χ3n) is 6.85. The van der Waals surface area contributed by atoms with Gasteiger partial charge in [-0.1, -0.05) is 19.9 Å². The van der Waals surface area contributed by atoms with Crippen LogP contribution in [0.5, 0.6) is 0 Å². The molecular formula is C22H29FN2O2. The van der Waals surface area contributed by atoms with Gasteiger partial charge >= 0.3 is 0 Å². The average molecular weight is 372 g/mol. The Morgan fingerprint density at radius 3 is 2.19 bits per heavy atom. The summed E-state index contributed by atoms with van der Waals surface area (Å²) in [5.74, 6) is 1.37. The largest absolute Gasteiger partial charge is 0.344 e. The summed E-state index contributed by atoms with van der Waals surface area (Å²) in [6.07, 6.45) is 6.75. The molecule has 0 radical (unpaired) electrons. The van der Waals surface area contributed by atoms with Crippen LogP contribution in [0.3, 0.4) is 0 Å². The fourth-order valence-corrected chi connectivity index (χ4v) is 6.00. The molecule has 0 aromatic heterocycles. The van der Waals surface area contributed by atoms with Gasteiger partial charge < -0.3 is 10.6 Å². The molecule has 4 fully saturated rings. The second kappa shape index (κ2) is 6.92. The summed E-state index contributed by atoms with van der Waals surface area (Å²) in [4.78, 5) is 26.1. The van der Waals surface area contributed by atoms with Gasteiger partial charge in [-0.2, -0.15) is 0 Å². The van der Waals surface area contributed by atoms with Crippen LogP contribution in [0.25, 0.3) is 0 Å². The van der Waals surface area contributed by atoms with Crippen LogP contribution in [0.15, 0.2) is 24.3 Å². The average Bonchev–Trinajstić information content (AvgIpc) is 2.57. The topological polar surface area (TPSA) is 58.2 Å². The van der Waals surface area contributed by atoms with Crippen LogP contribution >= 0.6 is 0 Å².